The van der Waals surface area contributed by atoms with Gasteiger partial charge in [-0.15, -0.1) is 11.3 Å². The molecule has 0 amide bonds. The molecule has 0 aliphatic rings. The number of aryl methyl sites for hydroxylation is 1. The molecule has 1 atom stereocenters. The van der Waals surface area contributed by atoms with E-state index in [-0.39, 0.29) is 0 Å². The molecule has 0 saturated carbocycles. The summed E-state index contributed by atoms with van der Waals surface area (Å²) in [5.74, 6) is 0. The minimum atomic E-state index is 0.425. The van der Waals surface area contributed by atoms with Crippen molar-refractivity contribution in [3.05, 3.63) is 39.5 Å². The first kappa shape index (κ1) is 12.8. The van der Waals surface area contributed by atoms with E-state index >= 15 is 0 Å². The lowest BCUT2D eigenvalue weighted by molar-refractivity contribution is 0.531. The van der Waals surface area contributed by atoms with Gasteiger partial charge in [0, 0.05) is 39.7 Å². The zero-order chi connectivity index (χ0) is 12.1. The van der Waals surface area contributed by atoms with Crippen molar-refractivity contribution in [2.24, 2.45) is 0 Å². The van der Waals surface area contributed by atoms with Crippen LogP contribution in [0, 0.1) is 0 Å². The Balaban J connectivity index is 1.68. The minimum Gasteiger partial charge on any atom is -0.337 e. The van der Waals surface area contributed by atoms with Crippen LogP contribution in [-0.4, -0.2) is 16.1 Å². The maximum atomic E-state index is 4.03. The summed E-state index contributed by atoms with van der Waals surface area (Å²) in [5, 5.41) is 5.65. The van der Waals surface area contributed by atoms with E-state index < -0.39 is 0 Å². The summed E-state index contributed by atoms with van der Waals surface area (Å²) < 4.78 is 3.28. The average molecular weight is 314 g/mol. The molecule has 0 saturated heterocycles. The lowest BCUT2D eigenvalue weighted by atomic mass is 10.2. The van der Waals surface area contributed by atoms with E-state index in [1.165, 1.54) is 9.35 Å². The monoisotopic (exact) mass is 313 g/mol. The summed E-state index contributed by atoms with van der Waals surface area (Å²) in [6, 6.07) is 2.60. The maximum absolute atomic E-state index is 4.03. The first-order chi connectivity index (χ1) is 8.25. The molecule has 2 heterocycles. The summed E-state index contributed by atoms with van der Waals surface area (Å²) >= 11 is 5.27. The van der Waals surface area contributed by atoms with Crippen LogP contribution in [0.2, 0.25) is 0 Å². The van der Waals surface area contributed by atoms with Crippen LogP contribution in [0.1, 0.15) is 24.3 Å². The van der Waals surface area contributed by atoms with E-state index in [1.54, 1.807) is 11.3 Å². The summed E-state index contributed by atoms with van der Waals surface area (Å²) in [4.78, 5) is 5.40. The standard InChI is InChI=1S/C12H16BrN3S/c1-10(12-7-11(13)8-17-12)15-3-2-5-16-6-4-14-9-16/h4,6-10,15H,2-3,5H2,1H3/t10-/m0/s1. The highest BCUT2D eigenvalue weighted by molar-refractivity contribution is 9.10. The van der Waals surface area contributed by atoms with Crippen molar-refractivity contribution in [3.8, 4) is 0 Å². The number of halogens is 1. The third-order valence-electron chi connectivity index (χ3n) is 2.62. The third-order valence-corrected chi connectivity index (χ3v) is 4.49. The Morgan fingerprint density at radius 3 is 3.12 bits per heavy atom. The Kier molecular flexibility index (Phi) is 4.76. The largest absolute Gasteiger partial charge is 0.337 e. The molecule has 2 aromatic heterocycles. The van der Waals surface area contributed by atoms with E-state index in [0.717, 1.165) is 19.5 Å². The van der Waals surface area contributed by atoms with Gasteiger partial charge < -0.3 is 9.88 Å². The molecule has 1 N–H and O–H groups in total. The van der Waals surface area contributed by atoms with Gasteiger partial charge in [0.2, 0.25) is 0 Å². The number of rotatable bonds is 6. The van der Waals surface area contributed by atoms with Gasteiger partial charge in [-0.25, -0.2) is 4.98 Å². The Morgan fingerprint density at radius 1 is 1.59 bits per heavy atom. The van der Waals surface area contributed by atoms with Crippen molar-refractivity contribution < 1.29 is 0 Å². The fourth-order valence-corrected chi connectivity index (χ4v) is 3.13. The number of hydrogen-bond acceptors (Lipinski definition) is 3. The second-order valence-corrected chi connectivity index (χ2v) is 5.86. The third kappa shape index (κ3) is 3.94. The lowest BCUT2D eigenvalue weighted by Gasteiger charge is -2.11. The van der Waals surface area contributed by atoms with E-state index in [4.69, 9.17) is 0 Å². The van der Waals surface area contributed by atoms with Crippen LogP contribution in [-0.2, 0) is 6.54 Å². The smallest absolute Gasteiger partial charge is 0.0945 e. The fraction of sp³-hybridized carbons (Fsp3) is 0.417. The second kappa shape index (κ2) is 6.33. The van der Waals surface area contributed by atoms with Gasteiger partial charge in [0.25, 0.3) is 0 Å². The topological polar surface area (TPSA) is 29.9 Å². The quantitative estimate of drug-likeness (QED) is 0.828. The van der Waals surface area contributed by atoms with Crippen LogP contribution in [0.25, 0.3) is 0 Å². The summed E-state index contributed by atoms with van der Waals surface area (Å²) in [5.41, 5.74) is 0. The molecular weight excluding hydrogens is 298 g/mol. The predicted octanol–water partition coefficient (Wildman–Crippen LogP) is 3.45. The molecule has 2 rings (SSSR count). The first-order valence-electron chi connectivity index (χ1n) is 5.69. The van der Waals surface area contributed by atoms with Crippen LogP contribution in [0.15, 0.2) is 34.6 Å². The molecule has 0 unspecified atom stereocenters. The fourth-order valence-electron chi connectivity index (χ4n) is 1.66. The lowest BCUT2D eigenvalue weighted by Crippen LogP contribution is -2.20. The van der Waals surface area contributed by atoms with Crippen LogP contribution in [0.3, 0.4) is 0 Å². The molecular formula is C12H16BrN3S. The Bertz CT molecular complexity index is 438. The van der Waals surface area contributed by atoms with Crippen LogP contribution >= 0.6 is 27.3 Å². The number of imidazole rings is 1. The Hall–Kier alpha value is -0.650. The van der Waals surface area contributed by atoms with Gasteiger partial charge in [-0.2, -0.15) is 0 Å². The number of aromatic nitrogens is 2. The molecule has 0 aliphatic carbocycles. The molecule has 0 spiro atoms. The van der Waals surface area contributed by atoms with Gasteiger partial charge in [0.05, 0.1) is 6.33 Å². The molecule has 5 heteroatoms. The predicted molar refractivity (Wildman–Crippen MR) is 75.3 cm³/mol. The van der Waals surface area contributed by atoms with Crippen molar-refractivity contribution in [2.45, 2.75) is 25.9 Å². The highest BCUT2D eigenvalue weighted by Gasteiger charge is 2.06. The summed E-state index contributed by atoms with van der Waals surface area (Å²) in [6.45, 7) is 4.25. The van der Waals surface area contributed by atoms with Crippen LogP contribution in [0.5, 0.6) is 0 Å². The number of thiophene rings is 1. The number of nitrogens with one attached hydrogen (secondary N) is 1. The SMILES string of the molecule is C[C@H](NCCCn1ccnc1)c1cc(Br)cs1. The first-order valence-corrected chi connectivity index (χ1v) is 7.36. The average Bonchev–Trinajstić information content (AvgIpc) is 2.95. The molecule has 0 radical (unpaired) electrons. The zero-order valence-corrected chi connectivity index (χ0v) is 12.2. The van der Waals surface area contributed by atoms with Crippen molar-refractivity contribution in [2.75, 3.05) is 6.54 Å². The Labute approximate surface area is 114 Å². The zero-order valence-electron chi connectivity index (χ0n) is 9.77. The van der Waals surface area contributed by atoms with Gasteiger partial charge in [-0.05, 0) is 41.9 Å². The summed E-state index contributed by atoms with van der Waals surface area (Å²) in [6.07, 6.45) is 6.80. The van der Waals surface area contributed by atoms with E-state index in [0.29, 0.717) is 6.04 Å². The molecule has 2 aromatic rings. The molecule has 17 heavy (non-hydrogen) atoms. The van der Waals surface area contributed by atoms with Gasteiger partial charge in [0.15, 0.2) is 0 Å². The van der Waals surface area contributed by atoms with Gasteiger partial charge in [-0.3, -0.25) is 0 Å². The molecule has 3 nitrogen and oxygen atoms in total. The maximum Gasteiger partial charge on any atom is 0.0945 e. The highest BCUT2D eigenvalue weighted by atomic mass is 79.9. The van der Waals surface area contributed by atoms with Gasteiger partial charge in [-0.1, -0.05) is 0 Å². The van der Waals surface area contributed by atoms with Crippen molar-refractivity contribution in [1.29, 1.82) is 0 Å². The van der Waals surface area contributed by atoms with E-state index in [9.17, 15) is 0 Å². The van der Waals surface area contributed by atoms with E-state index in [1.807, 2.05) is 18.7 Å². The van der Waals surface area contributed by atoms with E-state index in [2.05, 4.69) is 49.2 Å². The van der Waals surface area contributed by atoms with Crippen LogP contribution in [0.4, 0.5) is 0 Å². The molecule has 0 aromatic carbocycles. The van der Waals surface area contributed by atoms with Crippen molar-refractivity contribution >= 4 is 27.3 Å². The molecule has 92 valence electrons. The normalized spacial score (nSPS) is 12.8. The highest BCUT2D eigenvalue weighted by Crippen LogP contribution is 2.25. The van der Waals surface area contributed by atoms with Crippen molar-refractivity contribution in [3.63, 3.8) is 0 Å². The summed E-state index contributed by atoms with van der Waals surface area (Å²) in [7, 11) is 0. The second-order valence-electron chi connectivity index (χ2n) is 4.00. The molecule has 0 bridgehead atoms. The van der Waals surface area contributed by atoms with Gasteiger partial charge >= 0.3 is 0 Å². The Morgan fingerprint density at radius 2 is 2.47 bits per heavy atom. The van der Waals surface area contributed by atoms with Crippen molar-refractivity contribution in [1.82, 2.24) is 14.9 Å². The number of nitrogens with zero attached hydrogens (tertiary/aromatic N) is 2. The molecule has 0 fully saturated rings. The number of hydrogen-bond donors (Lipinski definition) is 1. The minimum absolute atomic E-state index is 0.425. The van der Waals surface area contributed by atoms with Gasteiger partial charge in [0.1, 0.15) is 0 Å². The molecule has 0 aliphatic heterocycles. The van der Waals surface area contributed by atoms with Crippen LogP contribution < -0.4 is 5.32 Å².